The quantitative estimate of drug-likeness (QED) is 0.854. The number of piperidine rings is 1. The minimum atomic E-state index is -3.58. The normalized spacial score (nSPS) is 17.4. The Bertz CT molecular complexity index is 539. The summed E-state index contributed by atoms with van der Waals surface area (Å²) in [5.41, 5.74) is 0. The summed E-state index contributed by atoms with van der Waals surface area (Å²) in [6.45, 7) is 3.11. The molecule has 0 bridgehead atoms. The first-order valence-corrected chi connectivity index (χ1v) is 7.92. The van der Waals surface area contributed by atoms with Gasteiger partial charge in [-0.2, -0.15) is 4.31 Å². The molecule has 0 aliphatic carbocycles. The van der Waals surface area contributed by atoms with Crippen molar-refractivity contribution in [2.45, 2.75) is 31.1 Å². The third-order valence-corrected chi connectivity index (χ3v) is 5.05. The van der Waals surface area contributed by atoms with Crippen LogP contribution in [0.15, 0.2) is 23.1 Å². The SMILES string of the molecule is CCOc1ccc(S(=O)(=O)N2CCCCC2)cc1F. The van der Waals surface area contributed by atoms with E-state index in [0.717, 1.165) is 25.3 Å². The Morgan fingerprint density at radius 2 is 1.95 bits per heavy atom. The third kappa shape index (κ3) is 3.06. The zero-order valence-electron chi connectivity index (χ0n) is 10.9. The average Bonchev–Trinajstić information content (AvgIpc) is 2.42. The molecule has 1 heterocycles. The van der Waals surface area contributed by atoms with Crippen LogP contribution in [0.4, 0.5) is 4.39 Å². The number of hydrogen-bond donors (Lipinski definition) is 0. The topological polar surface area (TPSA) is 46.6 Å². The van der Waals surface area contributed by atoms with Crippen molar-refractivity contribution >= 4 is 10.0 Å². The van der Waals surface area contributed by atoms with Crippen molar-refractivity contribution in [3.8, 4) is 5.75 Å². The van der Waals surface area contributed by atoms with Crippen molar-refractivity contribution < 1.29 is 17.5 Å². The Balaban J connectivity index is 2.27. The lowest BCUT2D eigenvalue weighted by atomic mass is 10.2. The molecule has 1 aromatic rings. The van der Waals surface area contributed by atoms with Gasteiger partial charge in [0.15, 0.2) is 11.6 Å². The summed E-state index contributed by atoms with van der Waals surface area (Å²) in [6.07, 6.45) is 2.77. The molecule has 2 rings (SSSR count). The fraction of sp³-hybridized carbons (Fsp3) is 0.538. The van der Waals surface area contributed by atoms with Gasteiger partial charge in [-0.15, -0.1) is 0 Å². The van der Waals surface area contributed by atoms with Crippen molar-refractivity contribution in [3.63, 3.8) is 0 Å². The number of ether oxygens (including phenoxy) is 1. The minimum Gasteiger partial charge on any atom is -0.491 e. The van der Waals surface area contributed by atoms with Crippen LogP contribution in [-0.2, 0) is 10.0 Å². The first-order chi connectivity index (χ1) is 9.05. The average molecular weight is 287 g/mol. The van der Waals surface area contributed by atoms with Gasteiger partial charge in [-0.1, -0.05) is 6.42 Å². The number of rotatable bonds is 4. The van der Waals surface area contributed by atoms with Gasteiger partial charge in [0.2, 0.25) is 10.0 Å². The van der Waals surface area contributed by atoms with Crippen molar-refractivity contribution in [2.24, 2.45) is 0 Å². The molecule has 19 heavy (non-hydrogen) atoms. The largest absolute Gasteiger partial charge is 0.491 e. The molecular formula is C13H18FNO3S. The summed E-state index contributed by atoms with van der Waals surface area (Å²) in [7, 11) is -3.58. The molecule has 6 heteroatoms. The Kier molecular flexibility index (Phi) is 4.42. The van der Waals surface area contributed by atoms with Gasteiger partial charge in [0, 0.05) is 13.1 Å². The Hall–Kier alpha value is -1.14. The highest BCUT2D eigenvalue weighted by Gasteiger charge is 2.26. The summed E-state index contributed by atoms with van der Waals surface area (Å²) >= 11 is 0. The van der Waals surface area contributed by atoms with Crippen LogP contribution < -0.4 is 4.74 Å². The number of sulfonamides is 1. The molecule has 1 fully saturated rings. The van der Waals surface area contributed by atoms with Crippen molar-refractivity contribution in [2.75, 3.05) is 19.7 Å². The molecule has 0 spiro atoms. The molecule has 1 aliphatic heterocycles. The van der Waals surface area contributed by atoms with E-state index in [2.05, 4.69) is 0 Å². The van der Waals surface area contributed by atoms with Crippen LogP contribution >= 0.6 is 0 Å². The number of benzene rings is 1. The van der Waals surface area contributed by atoms with Crippen LogP contribution in [0.5, 0.6) is 5.75 Å². The molecule has 1 aromatic carbocycles. The van der Waals surface area contributed by atoms with Crippen molar-refractivity contribution in [1.29, 1.82) is 0 Å². The Morgan fingerprint density at radius 1 is 1.26 bits per heavy atom. The van der Waals surface area contributed by atoms with E-state index in [0.29, 0.717) is 19.7 Å². The molecule has 0 N–H and O–H groups in total. The number of halogens is 1. The van der Waals surface area contributed by atoms with Crippen LogP contribution in [0.3, 0.4) is 0 Å². The fourth-order valence-corrected chi connectivity index (χ4v) is 3.70. The summed E-state index contributed by atoms with van der Waals surface area (Å²) < 4.78 is 44.9. The molecule has 1 saturated heterocycles. The Labute approximate surface area is 113 Å². The predicted molar refractivity (Wildman–Crippen MR) is 70.2 cm³/mol. The van der Waals surface area contributed by atoms with Crippen LogP contribution in [0.1, 0.15) is 26.2 Å². The van der Waals surface area contributed by atoms with Gasteiger partial charge >= 0.3 is 0 Å². The molecule has 1 aliphatic rings. The maximum absolute atomic E-state index is 13.7. The standard InChI is InChI=1S/C13H18FNO3S/c1-2-18-13-7-6-11(10-12(13)14)19(16,17)15-8-4-3-5-9-15/h6-7,10H,2-5,8-9H2,1H3. The Morgan fingerprint density at radius 3 is 2.53 bits per heavy atom. The third-order valence-electron chi connectivity index (χ3n) is 3.16. The van der Waals surface area contributed by atoms with E-state index in [1.807, 2.05) is 0 Å². The lowest BCUT2D eigenvalue weighted by Gasteiger charge is -2.25. The van der Waals surface area contributed by atoms with Gasteiger partial charge in [0.05, 0.1) is 11.5 Å². The van der Waals surface area contributed by atoms with Gasteiger partial charge in [-0.05, 0) is 38.0 Å². The predicted octanol–water partition coefficient (Wildman–Crippen LogP) is 2.40. The summed E-state index contributed by atoms with van der Waals surface area (Å²) in [5, 5.41) is 0. The molecule has 0 unspecified atom stereocenters. The van der Waals surface area contributed by atoms with Crippen molar-refractivity contribution in [3.05, 3.63) is 24.0 Å². The maximum Gasteiger partial charge on any atom is 0.243 e. The van der Waals surface area contributed by atoms with E-state index in [9.17, 15) is 12.8 Å². The maximum atomic E-state index is 13.7. The molecule has 4 nitrogen and oxygen atoms in total. The second-order valence-corrected chi connectivity index (χ2v) is 6.43. The van der Waals surface area contributed by atoms with Crippen LogP contribution in [0, 0.1) is 5.82 Å². The second kappa shape index (κ2) is 5.88. The van der Waals surface area contributed by atoms with E-state index >= 15 is 0 Å². The molecule has 0 atom stereocenters. The molecule has 106 valence electrons. The van der Waals surface area contributed by atoms with Crippen LogP contribution in [0.25, 0.3) is 0 Å². The highest BCUT2D eigenvalue weighted by atomic mass is 32.2. The van der Waals surface area contributed by atoms with Crippen LogP contribution in [0.2, 0.25) is 0 Å². The summed E-state index contributed by atoms with van der Waals surface area (Å²) in [5.74, 6) is -0.556. The summed E-state index contributed by atoms with van der Waals surface area (Å²) in [6, 6.07) is 3.81. The molecular weight excluding hydrogens is 269 g/mol. The minimum absolute atomic E-state index is 0.00430. The van der Waals surface area contributed by atoms with E-state index < -0.39 is 15.8 Å². The first-order valence-electron chi connectivity index (χ1n) is 6.48. The molecule has 0 aromatic heterocycles. The number of nitrogens with zero attached hydrogens (tertiary/aromatic N) is 1. The smallest absolute Gasteiger partial charge is 0.243 e. The van der Waals surface area contributed by atoms with E-state index in [1.54, 1.807) is 6.92 Å². The first kappa shape index (κ1) is 14.3. The lowest BCUT2D eigenvalue weighted by molar-refractivity contribution is 0.320. The van der Waals surface area contributed by atoms with E-state index in [-0.39, 0.29) is 10.6 Å². The van der Waals surface area contributed by atoms with Crippen molar-refractivity contribution in [1.82, 2.24) is 4.31 Å². The van der Waals surface area contributed by atoms with Gasteiger partial charge in [-0.25, -0.2) is 12.8 Å². The zero-order chi connectivity index (χ0) is 13.9. The second-order valence-electron chi connectivity index (χ2n) is 4.49. The van der Waals surface area contributed by atoms with Gasteiger partial charge in [-0.3, -0.25) is 0 Å². The number of hydrogen-bond acceptors (Lipinski definition) is 3. The highest BCUT2D eigenvalue weighted by molar-refractivity contribution is 7.89. The molecule has 0 radical (unpaired) electrons. The lowest BCUT2D eigenvalue weighted by Crippen LogP contribution is -2.35. The molecule has 0 saturated carbocycles. The van der Waals surface area contributed by atoms with Gasteiger partial charge in [0.25, 0.3) is 0 Å². The summed E-state index contributed by atoms with van der Waals surface area (Å²) in [4.78, 5) is -0.00430. The highest BCUT2D eigenvalue weighted by Crippen LogP contribution is 2.25. The van der Waals surface area contributed by atoms with Gasteiger partial charge < -0.3 is 4.74 Å². The molecule has 0 amide bonds. The monoisotopic (exact) mass is 287 g/mol. The van der Waals surface area contributed by atoms with E-state index in [1.165, 1.54) is 16.4 Å². The van der Waals surface area contributed by atoms with E-state index in [4.69, 9.17) is 4.74 Å². The van der Waals surface area contributed by atoms with Gasteiger partial charge in [0.1, 0.15) is 0 Å². The zero-order valence-corrected chi connectivity index (χ0v) is 11.7. The fourth-order valence-electron chi connectivity index (χ4n) is 2.17. The van der Waals surface area contributed by atoms with Crippen LogP contribution in [-0.4, -0.2) is 32.4 Å².